The summed E-state index contributed by atoms with van der Waals surface area (Å²) in [5, 5.41) is 0.557. The van der Waals surface area contributed by atoms with E-state index in [4.69, 9.17) is 23.2 Å². The number of para-hydroxylation sites is 1. The maximum Gasteiger partial charge on any atom is 0.278 e. The lowest BCUT2D eigenvalue weighted by Crippen LogP contribution is -2.29. The number of nitrogens with zero attached hydrogens (tertiary/aromatic N) is 2. The fourth-order valence-electron chi connectivity index (χ4n) is 3.02. The first-order valence-electron chi connectivity index (χ1n) is 9.71. The lowest BCUT2D eigenvalue weighted by atomic mass is 9.87. The molecule has 0 fully saturated rings. The third-order valence-electron chi connectivity index (χ3n) is 4.85. The molecule has 1 N–H and O–H groups in total. The van der Waals surface area contributed by atoms with Crippen LogP contribution >= 0.6 is 23.2 Å². The number of amides is 1. The molecule has 3 aromatic rings. The number of rotatable bonds is 5. The summed E-state index contributed by atoms with van der Waals surface area (Å²) in [5.41, 5.74) is 1.21. The molecule has 2 aromatic carbocycles. The van der Waals surface area contributed by atoms with Crippen molar-refractivity contribution in [2.75, 3.05) is 16.7 Å². The van der Waals surface area contributed by atoms with Gasteiger partial charge in [0.15, 0.2) is 5.69 Å². The fourth-order valence-corrected chi connectivity index (χ4v) is 4.50. The molecule has 0 unspecified atom stereocenters. The van der Waals surface area contributed by atoms with Gasteiger partial charge in [0.25, 0.3) is 15.9 Å². The number of carbonyl (C=O) groups excluding carboxylic acids is 1. The second-order valence-electron chi connectivity index (χ2n) is 8.25. The van der Waals surface area contributed by atoms with Crippen molar-refractivity contribution < 1.29 is 13.2 Å². The van der Waals surface area contributed by atoms with Gasteiger partial charge in [-0.25, -0.2) is 13.4 Å². The molecule has 1 heterocycles. The zero-order chi connectivity index (χ0) is 23.7. The first kappa shape index (κ1) is 24.0. The van der Waals surface area contributed by atoms with Crippen molar-refractivity contribution in [1.82, 2.24) is 4.98 Å². The third kappa shape index (κ3) is 5.23. The van der Waals surface area contributed by atoms with E-state index in [1.807, 2.05) is 20.8 Å². The van der Waals surface area contributed by atoms with Gasteiger partial charge >= 0.3 is 0 Å². The lowest BCUT2D eigenvalue weighted by Gasteiger charge is -2.21. The topological polar surface area (TPSA) is 79.4 Å². The van der Waals surface area contributed by atoms with E-state index in [9.17, 15) is 13.2 Å². The van der Waals surface area contributed by atoms with Gasteiger partial charge in [0.2, 0.25) is 0 Å². The van der Waals surface area contributed by atoms with Crippen LogP contribution < -0.4 is 9.62 Å². The van der Waals surface area contributed by atoms with E-state index in [2.05, 4.69) is 9.71 Å². The Labute approximate surface area is 198 Å². The molecule has 0 saturated heterocycles. The molecule has 0 aliphatic rings. The first-order chi connectivity index (χ1) is 14.9. The summed E-state index contributed by atoms with van der Waals surface area (Å²) in [6.45, 7) is 6.12. The Morgan fingerprint density at radius 1 is 1.03 bits per heavy atom. The van der Waals surface area contributed by atoms with E-state index in [1.54, 1.807) is 36.4 Å². The molecule has 0 aliphatic heterocycles. The van der Waals surface area contributed by atoms with Crippen molar-refractivity contribution in [3.8, 4) is 0 Å². The number of pyridine rings is 1. The number of hydrogen-bond acceptors (Lipinski definition) is 4. The zero-order valence-corrected chi connectivity index (χ0v) is 20.4. The number of carbonyl (C=O) groups is 1. The number of anilines is 2. The molecular formula is C23H23Cl2N3O3S. The SMILES string of the molecule is CN(C(=O)c1ncc(Cl)cc1NS(=O)(=O)c1ccc(C(C)(C)C)cc1)c1ccccc1Cl. The van der Waals surface area contributed by atoms with Gasteiger partial charge in [0, 0.05) is 13.2 Å². The average molecular weight is 492 g/mol. The highest BCUT2D eigenvalue weighted by Gasteiger charge is 2.24. The standard InChI is InChI=1S/C23H23Cl2N3O3S/c1-23(2,3)15-9-11-17(12-10-15)32(30,31)27-19-13-16(24)14-26-21(19)22(29)28(4)20-8-6-5-7-18(20)25/h5-14,27H,1-4H3. The minimum atomic E-state index is -3.99. The molecule has 6 nitrogen and oxygen atoms in total. The second kappa shape index (κ2) is 9.10. The van der Waals surface area contributed by atoms with Gasteiger partial charge in [0.1, 0.15) is 0 Å². The number of halogens is 2. The van der Waals surface area contributed by atoms with Gasteiger partial charge in [-0.05, 0) is 41.3 Å². The van der Waals surface area contributed by atoms with E-state index in [-0.39, 0.29) is 26.7 Å². The molecule has 1 aromatic heterocycles. The molecule has 0 bridgehead atoms. The van der Waals surface area contributed by atoms with Crippen LogP contribution in [0.25, 0.3) is 0 Å². The van der Waals surface area contributed by atoms with Crippen LogP contribution in [0.15, 0.2) is 65.7 Å². The number of nitrogens with one attached hydrogen (secondary N) is 1. The van der Waals surface area contributed by atoms with Crippen molar-refractivity contribution in [3.05, 3.63) is 82.1 Å². The molecule has 1 amide bonds. The molecule has 0 radical (unpaired) electrons. The summed E-state index contributed by atoms with van der Waals surface area (Å²) < 4.78 is 28.5. The Morgan fingerprint density at radius 2 is 1.66 bits per heavy atom. The van der Waals surface area contributed by atoms with Crippen LogP contribution in [0.5, 0.6) is 0 Å². The Balaban J connectivity index is 1.96. The van der Waals surface area contributed by atoms with Gasteiger partial charge in [-0.3, -0.25) is 9.52 Å². The summed E-state index contributed by atoms with van der Waals surface area (Å²) in [5.74, 6) is -0.546. The summed E-state index contributed by atoms with van der Waals surface area (Å²) >= 11 is 12.2. The second-order valence-corrected chi connectivity index (χ2v) is 10.8. The van der Waals surface area contributed by atoms with Crippen LogP contribution in [0.4, 0.5) is 11.4 Å². The van der Waals surface area contributed by atoms with E-state index < -0.39 is 15.9 Å². The van der Waals surface area contributed by atoms with E-state index in [0.29, 0.717) is 10.7 Å². The van der Waals surface area contributed by atoms with Crippen LogP contribution in [-0.4, -0.2) is 26.4 Å². The van der Waals surface area contributed by atoms with E-state index in [0.717, 1.165) is 5.56 Å². The number of benzene rings is 2. The third-order valence-corrected chi connectivity index (χ3v) is 6.76. The molecular weight excluding hydrogens is 469 g/mol. The number of sulfonamides is 1. The Hall–Kier alpha value is -2.61. The maximum absolute atomic E-state index is 13.1. The Bertz CT molecular complexity index is 1250. The van der Waals surface area contributed by atoms with Crippen LogP contribution in [0.1, 0.15) is 36.8 Å². The minimum Gasteiger partial charge on any atom is -0.309 e. The lowest BCUT2D eigenvalue weighted by molar-refractivity contribution is 0.0989. The largest absolute Gasteiger partial charge is 0.309 e. The van der Waals surface area contributed by atoms with Crippen molar-refractivity contribution in [1.29, 1.82) is 0 Å². The summed E-state index contributed by atoms with van der Waals surface area (Å²) in [7, 11) is -2.46. The summed E-state index contributed by atoms with van der Waals surface area (Å²) in [4.78, 5) is 18.6. The van der Waals surface area contributed by atoms with Gasteiger partial charge in [-0.1, -0.05) is 68.2 Å². The van der Waals surface area contributed by atoms with Crippen LogP contribution in [0.2, 0.25) is 10.0 Å². The monoisotopic (exact) mass is 491 g/mol. The molecule has 0 spiro atoms. The molecule has 0 atom stereocenters. The smallest absolute Gasteiger partial charge is 0.278 e. The maximum atomic E-state index is 13.1. The predicted octanol–water partition coefficient (Wildman–Crippen LogP) is 5.76. The van der Waals surface area contributed by atoms with Gasteiger partial charge < -0.3 is 4.90 Å². The highest BCUT2D eigenvalue weighted by molar-refractivity contribution is 7.92. The Morgan fingerprint density at radius 3 is 2.25 bits per heavy atom. The normalized spacial score (nSPS) is 11.8. The average Bonchev–Trinajstić information content (AvgIpc) is 2.72. The van der Waals surface area contributed by atoms with Crippen LogP contribution in [0, 0.1) is 0 Å². The molecule has 0 saturated carbocycles. The number of hydrogen-bond donors (Lipinski definition) is 1. The summed E-state index contributed by atoms with van der Waals surface area (Å²) in [6.07, 6.45) is 1.28. The van der Waals surface area contributed by atoms with Gasteiger partial charge in [0.05, 0.1) is 26.3 Å². The van der Waals surface area contributed by atoms with E-state index in [1.165, 1.54) is 36.3 Å². The molecule has 32 heavy (non-hydrogen) atoms. The van der Waals surface area contributed by atoms with Crippen molar-refractivity contribution in [3.63, 3.8) is 0 Å². The minimum absolute atomic E-state index is 0.0266. The zero-order valence-electron chi connectivity index (χ0n) is 18.1. The highest BCUT2D eigenvalue weighted by atomic mass is 35.5. The van der Waals surface area contributed by atoms with Crippen molar-refractivity contribution >= 4 is 50.5 Å². The first-order valence-corrected chi connectivity index (χ1v) is 12.0. The van der Waals surface area contributed by atoms with Gasteiger partial charge in [-0.15, -0.1) is 0 Å². The molecule has 168 valence electrons. The molecule has 0 aliphatic carbocycles. The quantitative estimate of drug-likeness (QED) is 0.491. The van der Waals surface area contributed by atoms with E-state index >= 15 is 0 Å². The highest BCUT2D eigenvalue weighted by Crippen LogP contribution is 2.29. The van der Waals surface area contributed by atoms with Crippen molar-refractivity contribution in [2.24, 2.45) is 0 Å². The number of aromatic nitrogens is 1. The summed E-state index contributed by atoms with van der Waals surface area (Å²) in [6, 6.07) is 14.8. The predicted molar refractivity (Wildman–Crippen MR) is 129 cm³/mol. The molecule has 9 heteroatoms. The van der Waals surface area contributed by atoms with Crippen LogP contribution in [-0.2, 0) is 15.4 Å². The van der Waals surface area contributed by atoms with Gasteiger partial charge in [-0.2, -0.15) is 0 Å². The van der Waals surface area contributed by atoms with Crippen molar-refractivity contribution in [2.45, 2.75) is 31.1 Å². The Kier molecular flexibility index (Phi) is 6.83. The van der Waals surface area contributed by atoms with Crippen LogP contribution in [0.3, 0.4) is 0 Å². The molecule has 3 rings (SSSR count). The fraction of sp³-hybridized carbons (Fsp3) is 0.217.